The van der Waals surface area contributed by atoms with Crippen molar-refractivity contribution in [3.63, 3.8) is 0 Å². The lowest BCUT2D eigenvalue weighted by Gasteiger charge is -2.34. The van der Waals surface area contributed by atoms with E-state index in [0.29, 0.717) is 5.82 Å². The van der Waals surface area contributed by atoms with E-state index in [9.17, 15) is 10.1 Å². The van der Waals surface area contributed by atoms with Crippen LogP contribution in [0.3, 0.4) is 0 Å². The van der Waals surface area contributed by atoms with Crippen molar-refractivity contribution in [3.05, 3.63) is 45.0 Å². The maximum Gasteiger partial charge on any atom is 0.311 e. The van der Waals surface area contributed by atoms with Gasteiger partial charge in [0, 0.05) is 30.4 Å². The van der Waals surface area contributed by atoms with E-state index < -0.39 is 0 Å². The number of nitrogens with zero attached hydrogens (tertiary/aromatic N) is 4. The molecule has 0 N–H and O–H groups in total. The van der Waals surface area contributed by atoms with Crippen LogP contribution in [0.15, 0.2) is 29.9 Å². The summed E-state index contributed by atoms with van der Waals surface area (Å²) < 4.78 is 0. The van der Waals surface area contributed by atoms with Gasteiger partial charge in [0.15, 0.2) is 0 Å². The molecule has 20 heavy (non-hydrogen) atoms. The highest BCUT2D eigenvalue weighted by Gasteiger charge is 2.31. The highest BCUT2D eigenvalue weighted by molar-refractivity contribution is 7.09. The van der Waals surface area contributed by atoms with Crippen molar-refractivity contribution < 1.29 is 4.92 Å². The molecule has 1 atom stereocenters. The molecule has 0 unspecified atom stereocenters. The second-order valence-corrected chi connectivity index (χ2v) is 5.60. The number of piperidine rings is 1. The van der Waals surface area contributed by atoms with Crippen LogP contribution in [0.4, 0.5) is 11.5 Å². The van der Waals surface area contributed by atoms with E-state index in [1.54, 1.807) is 29.8 Å². The summed E-state index contributed by atoms with van der Waals surface area (Å²) in [7, 11) is 0. The van der Waals surface area contributed by atoms with Crippen LogP contribution in [-0.2, 0) is 0 Å². The molecular formula is C13H14N4O2S. The molecular weight excluding hydrogens is 276 g/mol. The van der Waals surface area contributed by atoms with Crippen molar-refractivity contribution in [2.75, 3.05) is 11.4 Å². The Morgan fingerprint density at radius 3 is 3.00 bits per heavy atom. The zero-order chi connectivity index (χ0) is 13.9. The van der Waals surface area contributed by atoms with Gasteiger partial charge in [-0.05, 0) is 25.3 Å². The number of pyridine rings is 1. The average Bonchev–Trinajstić information content (AvgIpc) is 3.01. The average molecular weight is 290 g/mol. The summed E-state index contributed by atoms with van der Waals surface area (Å²) in [6.45, 7) is 0.780. The number of hydrogen-bond acceptors (Lipinski definition) is 6. The summed E-state index contributed by atoms with van der Waals surface area (Å²) in [6.07, 6.45) is 6.48. The first-order valence-electron chi connectivity index (χ1n) is 6.53. The molecule has 1 saturated heterocycles. The molecule has 0 aliphatic carbocycles. The van der Waals surface area contributed by atoms with Gasteiger partial charge < -0.3 is 4.90 Å². The normalized spacial score (nSPS) is 19.0. The molecule has 0 saturated carbocycles. The van der Waals surface area contributed by atoms with Gasteiger partial charge in [0.25, 0.3) is 0 Å². The number of hydrogen-bond donors (Lipinski definition) is 0. The molecule has 0 amide bonds. The van der Waals surface area contributed by atoms with E-state index in [4.69, 9.17) is 0 Å². The van der Waals surface area contributed by atoms with Crippen molar-refractivity contribution in [3.8, 4) is 0 Å². The number of thiazole rings is 1. The van der Waals surface area contributed by atoms with Gasteiger partial charge in [0.05, 0.1) is 11.0 Å². The molecule has 0 radical (unpaired) electrons. The minimum Gasteiger partial charge on any atom is -0.341 e. The topological polar surface area (TPSA) is 72.2 Å². The molecule has 1 fully saturated rings. The van der Waals surface area contributed by atoms with Crippen LogP contribution in [0.2, 0.25) is 0 Å². The van der Waals surface area contributed by atoms with Crippen LogP contribution in [-0.4, -0.2) is 21.4 Å². The summed E-state index contributed by atoms with van der Waals surface area (Å²) in [4.78, 5) is 21.5. The van der Waals surface area contributed by atoms with Crippen molar-refractivity contribution in [1.82, 2.24) is 9.97 Å². The van der Waals surface area contributed by atoms with Crippen molar-refractivity contribution in [1.29, 1.82) is 0 Å². The Bertz CT molecular complexity index is 602. The molecule has 2 aromatic rings. The van der Waals surface area contributed by atoms with Gasteiger partial charge in [0.1, 0.15) is 5.01 Å². The van der Waals surface area contributed by atoms with Crippen LogP contribution in [0.5, 0.6) is 0 Å². The predicted octanol–water partition coefficient (Wildman–Crippen LogP) is 3.18. The number of aromatic nitrogens is 2. The zero-order valence-electron chi connectivity index (χ0n) is 10.8. The van der Waals surface area contributed by atoms with Gasteiger partial charge >= 0.3 is 5.69 Å². The molecule has 1 aliphatic heterocycles. The first-order chi connectivity index (χ1) is 9.77. The Labute approximate surface area is 120 Å². The minimum atomic E-state index is -0.365. The molecule has 0 aromatic carbocycles. The van der Waals surface area contributed by atoms with Crippen LogP contribution in [0, 0.1) is 10.1 Å². The lowest BCUT2D eigenvalue weighted by molar-refractivity contribution is -0.384. The SMILES string of the molecule is O=[N+]([O-])c1cccnc1N1CCCC[C@H]1c1nccs1. The third-order valence-corrected chi connectivity index (χ3v) is 4.35. The van der Waals surface area contributed by atoms with Crippen LogP contribution >= 0.6 is 11.3 Å². The first kappa shape index (κ1) is 13.0. The van der Waals surface area contributed by atoms with Gasteiger partial charge in [-0.1, -0.05) is 0 Å². The van der Waals surface area contributed by atoms with Gasteiger partial charge in [-0.3, -0.25) is 10.1 Å². The Kier molecular flexibility index (Phi) is 3.60. The number of rotatable bonds is 3. The second-order valence-electron chi connectivity index (χ2n) is 4.68. The molecule has 104 valence electrons. The lowest BCUT2D eigenvalue weighted by atomic mass is 10.0. The van der Waals surface area contributed by atoms with Crippen molar-refractivity contribution in [2.24, 2.45) is 0 Å². The van der Waals surface area contributed by atoms with Crippen LogP contribution in [0.25, 0.3) is 0 Å². The van der Waals surface area contributed by atoms with Crippen molar-refractivity contribution >= 4 is 22.8 Å². The van der Waals surface area contributed by atoms with E-state index in [0.717, 1.165) is 30.8 Å². The highest BCUT2D eigenvalue weighted by Crippen LogP contribution is 2.38. The number of anilines is 1. The van der Waals surface area contributed by atoms with E-state index in [-0.39, 0.29) is 16.7 Å². The standard InChI is InChI=1S/C13H14N4O2S/c18-17(19)10-5-3-6-14-12(10)16-8-2-1-4-11(16)13-15-7-9-20-13/h3,5-7,9,11H,1-2,4,8H2/t11-/m0/s1. The third-order valence-electron chi connectivity index (χ3n) is 3.47. The maximum absolute atomic E-state index is 11.2. The third kappa shape index (κ3) is 2.36. The van der Waals surface area contributed by atoms with Gasteiger partial charge in [-0.25, -0.2) is 9.97 Å². The Hall–Kier alpha value is -2.02. The first-order valence-corrected chi connectivity index (χ1v) is 7.41. The van der Waals surface area contributed by atoms with E-state index >= 15 is 0 Å². The molecule has 6 nitrogen and oxygen atoms in total. The molecule has 2 aromatic heterocycles. The molecule has 0 bridgehead atoms. The van der Waals surface area contributed by atoms with E-state index in [2.05, 4.69) is 9.97 Å². The summed E-state index contributed by atoms with van der Waals surface area (Å²) >= 11 is 1.59. The number of nitro groups is 1. The van der Waals surface area contributed by atoms with E-state index in [1.165, 1.54) is 6.07 Å². The molecule has 1 aliphatic rings. The van der Waals surface area contributed by atoms with Crippen LogP contribution in [0.1, 0.15) is 30.3 Å². The second kappa shape index (κ2) is 5.54. The zero-order valence-corrected chi connectivity index (χ0v) is 11.6. The Morgan fingerprint density at radius 2 is 2.25 bits per heavy atom. The molecule has 3 heterocycles. The van der Waals surface area contributed by atoms with Crippen molar-refractivity contribution in [2.45, 2.75) is 25.3 Å². The molecule has 3 rings (SSSR count). The minimum absolute atomic E-state index is 0.0657. The Morgan fingerprint density at radius 1 is 1.35 bits per heavy atom. The Balaban J connectivity index is 2.00. The molecule has 0 spiro atoms. The summed E-state index contributed by atoms with van der Waals surface area (Å²) in [6, 6.07) is 3.21. The van der Waals surface area contributed by atoms with E-state index in [1.807, 2.05) is 10.3 Å². The maximum atomic E-state index is 11.2. The summed E-state index contributed by atoms with van der Waals surface area (Å²) in [5.74, 6) is 0.456. The van der Waals surface area contributed by atoms with Gasteiger partial charge in [-0.15, -0.1) is 11.3 Å². The van der Waals surface area contributed by atoms with Gasteiger partial charge in [0.2, 0.25) is 5.82 Å². The monoisotopic (exact) mass is 290 g/mol. The summed E-state index contributed by atoms with van der Waals surface area (Å²) in [5.41, 5.74) is 0.0657. The van der Waals surface area contributed by atoms with Crippen LogP contribution < -0.4 is 4.90 Å². The lowest BCUT2D eigenvalue weighted by Crippen LogP contribution is -2.34. The highest BCUT2D eigenvalue weighted by atomic mass is 32.1. The largest absolute Gasteiger partial charge is 0.341 e. The summed E-state index contributed by atoms with van der Waals surface area (Å²) in [5, 5.41) is 14.1. The predicted molar refractivity (Wildman–Crippen MR) is 76.9 cm³/mol. The fourth-order valence-electron chi connectivity index (χ4n) is 2.59. The smallest absolute Gasteiger partial charge is 0.311 e. The quantitative estimate of drug-likeness (QED) is 0.641. The fraction of sp³-hybridized carbons (Fsp3) is 0.385. The van der Waals surface area contributed by atoms with Gasteiger partial charge in [-0.2, -0.15) is 0 Å². The molecule has 7 heteroatoms. The fourth-order valence-corrected chi connectivity index (χ4v) is 3.38.